The van der Waals surface area contributed by atoms with Crippen molar-refractivity contribution in [2.45, 2.75) is 6.61 Å². The quantitative estimate of drug-likeness (QED) is 0.567. The van der Waals surface area contributed by atoms with Gasteiger partial charge >= 0.3 is 0 Å². The van der Waals surface area contributed by atoms with Gasteiger partial charge in [-0.2, -0.15) is 0 Å². The van der Waals surface area contributed by atoms with E-state index in [1.807, 2.05) is 6.07 Å². The zero-order valence-corrected chi connectivity index (χ0v) is 9.11. The summed E-state index contributed by atoms with van der Waals surface area (Å²) in [6.45, 7) is 1.87. The molecule has 84 valence electrons. The molecule has 1 rings (SSSR count). The Hall–Kier alpha value is -0.680. The van der Waals surface area contributed by atoms with Gasteiger partial charge in [0.25, 0.3) is 0 Å². The Bertz CT molecular complexity index is 283. The smallest absolute Gasteiger partial charge is 0.129 e. The van der Waals surface area contributed by atoms with Gasteiger partial charge in [0.1, 0.15) is 5.15 Å². The minimum absolute atomic E-state index is 0.0416. The SMILES string of the molecule is OCCOCCOCc1ccnc(Cl)c1. The summed E-state index contributed by atoms with van der Waals surface area (Å²) in [5.41, 5.74) is 0.983. The first-order chi connectivity index (χ1) is 7.33. The molecule has 15 heavy (non-hydrogen) atoms. The van der Waals surface area contributed by atoms with Crippen molar-refractivity contribution >= 4 is 11.6 Å². The van der Waals surface area contributed by atoms with Crippen molar-refractivity contribution < 1.29 is 14.6 Å². The molecule has 0 saturated heterocycles. The Labute approximate surface area is 93.8 Å². The molecule has 0 aliphatic carbocycles. The predicted molar refractivity (Wildman–Crippen MR) is 56.8 cm³/mol. The molecule has 0 radical (unpaired) electrons. The third-order valence-electron chi connectivity index (χ3n) is 1.67. The predicted octanol–water partition coefficient (Wildman–Crippen LogP) is 1.26. The number of hydrogen-bond donors (Lipinski definition) is 1. The first kappa shape index (κ1) is 12.4. The molecule has 0 aliphatic heterocycles. The Morgan fingerprint density at radius 1 is 1.27 bits per heavy atom. The molecule has 0 atom stereocenters. The molecule has 1 aromatic heterocycles. The minimum Gasteiger partial charge on any atom is -0.394 e. The summed E-state index contributed by atoms with van der Waals surface area (Å²) in [7, 11) is 0. The fourth-order valence-corrected chi connectivity index (χ4v) is 1.20. The van der Waals surface area contributed by atoms with E-state index >= 15 is 0 Å². The lowest BCUT2D eigenvalue weighted by molar-refractivity contribution is 0.0274. The third kappa shape index (κ3) is 5.69. The van der Waals surface area contributed by atoms with Gasteiger partial charge in [-0.25, -0.2) is 4.98 Å². The number of hydrogen-bond acceptors (Lipinski definition) is 4. The first-order valence-corrected chi connectivity index (χ1v) is 5.07. The van der Waals surface area contributed by atoms with Crippen LogP contribution in [0, 0.1) is 0 Å². The molecule has 0 aromatic carbocycles. The second-order valence-corrected chi connectivity index (χ2v) is 3.26. The maximum Gasteiger partial charge on any atom is 0.129 e. The summed E-state index contributed by atoms with van der Waals surface area (Å²) in [5.74, 6) is 0. The zero-order valence-electron chi connectivity index (χ0n) is 8.36. The van der Waals surface area contributed by atoms with Gasteiger partial charge in [-0.05, 0) is 17.7 Å². The highest BCUT2D eigenvalue weighted by molar-refractivity contribution is 6.29. The Balaban J connectivity index is 2.10. The lowest BCUT2D eigenvalue weighted by Crippen LogP contribution is -2.07. The molecule has 0 aliphatic rings. The molecule has 1 N–H and O–H groups in total. The first-order valence-electron chi connectivity index (χ1n) is 4.69. The van der Waals surface area contributed by atoms with E-state index in [0.29, 0.717) is 31.6 Å². The van der Waals surface area contributed by atoms with Gasteiger partial charge in [-0.1, -0.05) is 11.6 Å². The van der Waals surface area contributed by atoms with Gasteiger partial charge in [0, 0.05) is 6.20 Å². The summed E-state index contributed by atoms with van der Waals surface area (Å²) in [6, 6.07) is 3.61. The van der Waals surface area contributed by atoms with Crippen LogP contribution in [0.3, 0.4) is 0 Å². The van der Waals surface area contributed by atoms with Crippen LogP contribution in [0.5, 0.6) is 0 Å². The van der Waals surface area contributed by atoms with Crippen molar-refractivity contribution in [2.75, 3.05) is 26.4 Å². The number of nitrogens with zero attached hydrogens (tertiary/aromatic N) is 1. The van der Waals surface area contributed by atoms with Gasteiger partial charge in [-0.3, -0.25) is 0 Å². The van der Waals surface area contributed by atoms with Crippen molar-refractivity contribution in [3.63, 3.8) is 0 Å². The molecule has 0 amide bonds. The van der Waals surface area contributed by atoms with Gasteiger partial charge in [0.15, 0.2) is 0 Å². The van der Waals surface area contributed by atoms with E-state index in [-0.39, 0.29) is 6.61 Å². The molecule has 0 spiro atoms. The normalized spacial score (nSPS) is 10.5. The third-order valence-corrected chi connectivity index (χ3v) is 1.87. The van der Waals surface area contributed by atoms with Crippen LogP contribution in [-0.2, 0) is 16.1 Å². The van der Waals surface area contributed by atoms with E-state index in [4.69, 9.17) is 26.2 Å². The van der Waals surface area contributed by atoms with Crippen LogP contribution in [0.2, 0.25) is 5.15 Å². The number of pyridine rings is 1. The van der Waals surface area contributed by atoms with Gasteiger partial charge in [0.05, 0.1) is 33.0 Å². The number of ether oxygens (including phenoxy) is 2. The number of aliphatic hydroxyl groups is 1. The number of aromatic nitrogens is 1. The second-order valence-electron chi connectivity index (χ2n) is 2.88. The van der Waals surface area contributed by atoms with E-state index in [2.05, 4.69) is 4.98 Å². The Morgan fingerprint density at radius 3 is 2.80 bits per heavy atom. The fourth-order valence-electron chi connectivity index (χ4n) is 1.01. The van der Waals surface area contributed by atoms with Crippen LogP contribution in [0.15, 0.2) is 18.3 Å². The highest BCUT2D eigenvalue weighted by Crippen LogP contribution is 2.07. The van der Waals surface area contributed by atoms with Gasteiger partial charge < -0.3 is 14.6 Å². The molecule has 1 heterocycles. The molecule has 5 heteroatoms. The molecular formula is C10H14ClNO3. The number of aliphatic hydroxyl groups excluding tert-OH is 1. The summed E-state index contributed by atoms with van der Waals surface area (Å²) >= 11 is 5.71. The average molecular weight is 232 g/mol. The van der Waals surface area contributed by atoms with Crippen molar-refractivity contribution in [3.05, 3.63) is 29.0 Å². The largest absolute Gasteiger partial charge is 0.394 e. The summed E-state index contributed by atoms with van der Waals surface area (Å²) in [4.78, 5) is 3.87. The monoisotopic (exact) mass is 231 g/mol. The average Bonchev–Trinajstić information content (AvgIpc) is 2.23. The van der Waals surface area contributed by atoms with Crippen LogP contribution in [0.1, 0.15) is 5.56 Å². The number of rotatable bonds is 7. The Kier molecular flexibility index (Phi) is 6.27. The van der Waals surface area contributed by atoms with E-state index in [1.165, 1.54) is 0 Å². The molecule has 0 unspecified atom stereocenters. The molecule has 1 aromatic rings. The highest BCUT2D eigenvalue weighted by atomic mass is 35.5. The lowest BCUT2D eigenvalue weighted by Gasteiger charge is -2.04. The van der Waals surface area contributed by atoms with Crippen LogP contribution >= 0.6 is 11.6 Å². The summed E-state index contributed by atoms with van der Waals surface area (Å²) in [5, 5.41) is 8.91. The van der Waals surface area contributed by atoms with Crippen LogP contribution in [-0.4, -0.2) is 36.5 Å². The highest BCUT2D eigenvalue weighted by Gasteiger charge is 1.95. The lowest BCUT2D eigenvalue weighted by atomic mass is 10.3. The van der Waals surface area contributed by atoms with Crippen LogP contribution in [0.4, 0.5) is 0 Å². The summed E-state index contributed by atoms with van der Waals surface area (Å²) in [6.07, 6.45) is 1.64. The summed E-state index contributed by atoms with van der Waals surface area (Å²) < 4.78 is 10.4. The van der Waals surface area contributed by atoms with E-state index in [1.54, 1.807) is 12.3 Å². The van der Waals surface area contributed by atoms with Crippen LogP contribution in [0.25, 0.3) is 0 Å². The van der Waals surface area contributed by atoms with E-state index in [9.17, 15) is 0 Å². The van der Waals surface area contributed by atoms with Crippen molar-refractivity contribution in [1.82, 2.24) is 4.98 Å². The van der Waals surface area contributed by atoms with E-state index in [0.717, 1.165) is 5.56 Å². The standard InChI is InChI=1S/C10H14ClNO3/c11-10-7-9(1-2-12-10)8-15-6-5-14-4-3-13/h1-2,7,13H,3-6,8H2. The molecule has 4 nitrogen and oxygen atoms in total. The van der Waals surface area contributed by atoms with E-state index < -0.39 is 0 Å². The zero-order chi connectivity index (χ0) is 10.9. The Morgan fingerprint density at radius 2 is 2.07 bits per heavy atom. The maximum atomic E-state index is 8.44. The molecular weight excluding hydrogens is 218 g/mol. The second kappa shape index (κ2) is 7.59. The van der Waals surface area contributed by atoms with Crippen molar-refractivity contribution in [2.24, 2.45) is 0 Å². The molecule has 0 fully saturated rings. The van der Waals surface area contributed by atoms with Crippen molar-refractivity contribution in [3.8, 4) is 0 Å². The number of halogens is 1. The fraction of sp³-hybridized carbons (Fsp3) is 0.500. The minimum atomic E-state index is 0.0416. The van der Waals surface area contributed by atoms with Crippen LogP contribution < -0.4 is 0 Å². The maximum absolute atomic E-state index is 8.44. The molecule has 0 bridgehead atoms. The van der Waals surface area contributed by atoms with Gasteiger partial charge in [-0.15, -0.1) is 0 Å². The topological polar surface area (TPSA) is 51.6 Å². The van der Waals surface area contributed by atoms with Gasteiger partial charge in [0.2, 0.25) is 0 Å². The molecule has 0 saturated carbocycles. The van der Waals surface area contributed by atoms with Crippen molar-refractivity contribution in [1.29, 1.82) is 0 Å².